The smallest absolute Gasteiger partial charge is 0.115 e. The second kappa shape index (κ2) is 4.81. The Kier molecular flexibility index (Phi) is 2.86. The van der Waals surface area contributed by atoms with Crippen LogP contribution < -0.4 is 5.73 Å². The summed E-state index contributed by atoms with van der Waals surface area (Å²) < 4.78 is 0. The van der Waals surface area contributed by atoms with Crippen molar-refractivity contribution in [3.8, 4) is 22.5 Å². The Hall–Kier alpha value is -2.82. The van der Waals surface area contributed by atoms with Gasteiger partial charge in [0.15, 0.2) is 0 Å². The van der Waals surface area contributed by atoms with Crippen LogP contribution in [-0.4, -0.2) is 20.4 Å². The highest BCUT2D eigenvalue weighted by Gasteiger charge is 2.09. The number of hydrogen-bond donors (Lipinski definition) is 1. The number of aromatic nitrogens is 4. The number of rotatable bonds is 2. The van der Waals surface area contributed by atoms with E-state index in [0.717, 1.165) is 22.5 Å². The van der Waals surface area contributed by atoms with Gasteiger partial charge in [-0.2, -0.15) is 0 Å². The van der Waals surface area contributed by atoms with E-state index >= 15 is 0 Å². The molecule has 0 spiro atoms. The van der Waals surface area contributed by atoms with Crippen LogP contribution in [0.4, 0.5) is 5.69 Å². The molecule has 5 nitrogen and oxygen atoms in total. The molecule has 92 valence electrons. The quantitative estimate of drug-likeness (QED) is 0.704. The van der Waals surface area contributed by atoms with Crippen LogP contribution in [0.25, 0.3) is 22.5 Å². The summed E-state index contributed by atoms with van der Waals surface area (Å²) in [6, 6.07) is 13.3. The van der Waals surface area contributed by atoms with Crippen molar-refractivity contribution in [3.05, 3.63) is 54.9 Å². The molecule has 0 aliphatic heterocycles. The second-order valence-electron chi connectivity index (χ2n) is 4.03. The van der Waals surface area contributed by atoms with E-state index in [1.54, 1.807) is 18.5 Å². The van der Waals surface area contributed by atoms with E-state index < -0.39 is 0 Å². The first kappa shape index (κ1) is 11.3. The highest BCUT2D eigenvalue weighted by molar-refractivity contribution is 5.79. The molecule has 3 rings (SSSR count). The maximum atomic E-state index is 5.71. The zero-order chi connectivity index (χ0) is 13.1. The standard InChI is InChI=1S/C14H11N5/c15-11-5-3-10(4-6-11)12-2-1-8-16-14(12)13-7-9-17-19-18-13/h1-9H,15H2. The summed E-state index contributed by atoms with van der Waals surface area (Å²) in [5, 5.41) is 11.3. The molecule has 5 heteroatoms. The van der Waals surface area contributed by atoms with E-state index in [9.17, 15) is 0 Å². The normalized spacial score (nSPS) is 10.3. The molecule has 0 aliphatic carbocycles. The molecule has 2 N–H and O–H groups in total. The number of benzene rings is 1. The minimum absolute atomic E-state index is 0.697. The zero-order valence-electron chi connectivity index (χ0n) is 10.1. The van der Waals surface area contributed by atoms with Crippen molar-refractivity contribution in [2.45, 2.75) is 0 Å². The van der Waals surface area contributed by atoms with Crippen LogP contribution in [0.2, 0.25) is 0 Å². The van der Waals surface area contributed by atoms with Gasteiger partial charge in [0.2, 0.25) is 0 Å². The third-order valence-electron chi connectivity index (χ3n) is 2.78. The highest BCUT2D eigenvalue weighted by Crippen LogP contribution is 2.28. The van der Waals surface area contributed by atoms with Gasteiger partial charge in [0.05, 0.1) is 11.9 Å². The molecule has 0 radical (unpaired) electrons. The van der Waals surface area contributed by atoms with Crippen LogP contribution in [-0.2, 0) is 0 Å². The summed E-state index contributed by atoms with van der Waals surface area (Å²) in [6.45, 7) is 0. The van der Waals surface area contributed by atoms with Gasteiger partial charge in [0.25, 0.3) is 0 Å². The monoisotopic (exact) mass is 249 g/mol. The zero-order valence-corrected chi connectivity index (χ0v) is 10.1. The van der Waals surface area contributed by atoms with Crippen molar-refractivity contribution in [1.29, 1.82) is 0 Å². The summed E-state index contributed by atoms with van der Waals surface area (Å²) in [6.07, 6.45) is 3.34. The number of hydrogen-bond acceptors (Lipinski definition) is 5. The van der Waals surface area contributed by atoms with Crippen molar-refractivity contribution in [3.63, 3.8) is 0 Å². The molecule has 0 saturated heterocycles. The van der Waals surface area contributed by atoms with E-state index in [0.29, 0.717) is 5.69 Å². The van der Waals surface area contributed by atoms with E-state index in [2.05, 4.69) is 20.4 Å². The van der Waals surface area contributed by atoms with E-state index in [1.165, 1.54) is 0 Å². The molecule has 2 heterocycles. The average Bonchev–Trinajstić information content (AvgIpc) is 2.49. The van der Waals surface area contributed by atoms with E-state index in [4.69, 9.17) is 5.73 Å². The highest BCUT2D eigenvalue weighted by atomic mass is 15.3. The molecule has 3 aromatic rings. The molecule has 0 atom stereocenters. The van der Waals surface area contributed by atoms with Crippen molar-refractivity contribution in [2.24, 2.45) is 0 Å². The first-order chi connectivity index (χ1) is 9.34. The average molecular weight is 249 g/mol. The number of nitrogens with two attached hydrogens (primary N) is 1. The third-order valence-corrected chi connectivity index (χ3v) is 2.78. The summed E-state index contributed by atoms with van der Waals surface area (Å²) in [4.78, 5) is 4.39. The first-order valence-electron chi connectivity index (χ1n) is 5.80. The van der Waals surface area contributed by atoms with Gasteiger partial charge in [-0.25, -0.2) is 0 Å². The lowest BCUT2D eigenvalue weighted by Crippen LogP contribution is -1.94. The second-order valence-corrected chi connectivity index (χ2v) is 4.03. The van der Waals surface area contributed by atoms with Crippen LogP contribution >= 0.6 is 0 Å². The fourth-order valence-corrected chi connectivity index (χ4v) is 1.87. The molecule has 0 bridgehead atoms. The molecule has 0 aliphatic rings. The predicted molar refractivity (Wildman–Crippen MR) is 72.9 cm³/mol. The molecule has 0 unspecified atom stereocenters. The summed E-state index contributed by atoms with van der Waals surface area (Å²) >= 11 is 0. The minimum Gasteiger partial charge on any atom is -0.399 e. The fourth-order valence-electron chi connectivity index (χ4n) is 1.87. The van der Waals surface area contributed by atoms with Gasteiger partial charge >= 0.3 is 0 Å². The maximum absolute atomic E-state index is 5.71. The van der Waals surface area contributed by atoms with Crippen LogP contribution in [0.1, 0.15) is 0 Å². The lowest BCUT2D eigenvalue weighted by Gasteiger charge is -2.07. The van der Waals surface area contributed by atoms with E-state index in [1.807, 2.05) is 36.4 Å². The van der Waals surface area contributed by atoms with Crippen LogP contribution in [0.15, 0.2) is 54.9 Å². The molecule has 0 fully saturated rings. The summed E-state index contributed by atoms with van der Waals surface area (Å²) in [7, 11) is 0. The molecular formula is C14H11N5. The van der Waals surface area contributed by atoms with Gasteiger partial charge in [-0.05, 0) is 35.0 Å². The Morgan fingerprint density at radius 1 is 0.895 bits per heavy atom. The number of pyridine rings is 1. The molecule has 1 aromatic carbocycles. The van der Waals surface area contributed by atoms with Gasteiger partial charge < -0.3 is 5.73 Å². The van der Waals surface area contributed by atoms with E-state index in [-0.39, 0.29) is 0 Å². The third kappa shape index (κ3) is 2.26. The Morgan fingerprint density at radius 3 is 2.47 bits per heavy atom. The molecule has 0 saturated carbocycles. The van der Waals surface area contributed by atoms with Crippen molar-refractivity contribution in [1.82, 2.24) is 20.4 Å². The maximum Gasteiger partial charge on any atom is 0.115 e. The van der Waals surface area contributed by atoms with Gasteiger partial charge in [0, 0.05) is 17.4 Å². The topological polar surface area (TPSA) is 77.6 Å². The van der Waals surface area contributed by atoms with Crippen molar-refractivity contribution >= 4 is 5.69 Å². The number of anilines is 1. The minimum atomic E-state index is 0.697. The molecule has 19 heavy (non-hydrogen) atoms. The lowest BCUT2D eigenvalue weighted by atomic mass is 10.0. The molecule has 0 amide bonds. The van der Waals surface area contributed by atoms with Gasteiger partial charge in [-0.15, -0.1) is 10.2 Å². The number of nitrogen functional groups attached to an aromatic ring is 1. The summed E-state index contributed by atoms with van der Waals surface area (Å²) in [5.74, 6) is 0. The Labute approximate surface area is 110 Å². The van der Waals surface area contributed by atoms with Crippen LogP contribution in [0, 0.1) is 0 Å². The fraction of sp³-hybridized carbons (Fsp3) is 0. The van der Waals surface area contributed by atoms with Crippen LogP contribution in [0.3, 0.4) is 0 Å². The van der Waals surface area contributed by atoms with Crippen molar-refractivity contribution in [2.75, 3.05) is 5.73 Å². The lowest BCUT2D eigenvalue weighted by molar-refractivity contribution is 0.868. The Morgan fingerprint density at radius 2 is 1.74 bits per heavy atom. The summed E-state index contributed by atoms with van der Waals surface area (Å²) in [5.41, 5.74) is 9.95. The van der Waals surface area contributed by atoms with Crippen molar-refractivity contribution < 1.29 is 0 Å². The Balaban J connectivity index is 2.15. The van der Waals surface area contributed by atoms with Gasteiger partial charge in [-0.3, -0.25) is 4.98 Å². The largest absolute Gasteiger partial charge is 0.399 e. The predicted octanol–water partition coefficient (Wildman–Crippen LogP) is 2.18. The number of nitrogens with zero attached hydrogens (tertiary/aromatic N) is 4. The van der Waals surface area contributed by atoms with Gasteiger partial charge in [0.1, 0.15) is 5.69 Å². The van der Waals surface area contributed by atoms with Gasteiger partial charge in [-0.1, -0.05) is 18.2 Å². The molecular weight excluding hydrogens is 238 g/mol. The first-order valence-corrected chi connectivity index (χ1v) is 5.80. The molecule has 2 aromatic heterocycles. The SMILES string of the molecule is Nc1ccc(-c2cccnc2-c2ccnnn2)cc1. The Bertz CT molecular complexity index is 680. The van der Waals surface area contributed by atoms with Crippen LogP contribution in [0.5, 0.6) is 0 Å².